The van der Waals surface area contributed by atoms with E-state index in [1.807, 2.05) is 86.3 Å². The highest BCUT2D eigenvalue weighted by atomic mass is 32.2. The molecule has 60 heavy (non-hydrogen) atoms. The van der Waals surface area contributed by atoms with Crippen molar-refractivity contribution < 1.29 is 26.7 Å². The number of rotatable bonds is 13. The number of carbonyl (C=O) groups excluding carboxylic acids is 2. The second-order valence-corrected chi connectivity index (χ2v) is 16.1. The van der Waals surface area contributed by atoms with Crippen LogP contribution in [-0.4, -0.2) is 63.6 Å². The molecule has 3 N–H and O–H groups in total. The van der Waals surface area contributed by atoms with Crippen molar-refractivity contribution in [1.82, 2.24) is 19.9 Å². The number of aryl methyl sites for hydroxylation is 1. The molecule has 2 amide bonds. The Hall–Kier alpha value is -7.08. The Labute approximate surface area is 348 Å². The van der Waals surface area contributed by atoms with Crippen molar-refractivity contribution in [2.45, 2.75) is 26.7 Å². The van der Waals surface area contributed by atoms with E-state index in [0.29, 0.717) is 51.4 Å². The van der Waals surface area contributed by atoms with Crippen LogP contribution in [0.2, 0.25) is 0 Å². The van der Waals surface area contributed by atoms with E-state index in [0.717, 1.165) is 44.2 Å². The number of anilines is 4. The van der Waals surface area contributed by atoms with Crippen molar-refractivity contribution in [1.29, 1.82) is 0 Å². The van der Waals surface area contributed by atoms with Gasteiger partial charge < -0.3 is 20.4 Å². The summed E-state index contributed by atoms with van der Waals surface area (Å²) in [7, 11) is 1.67. The first-order valence-electron chi connectivity index (χ1n) is 19.3. The van der Waals surface area contributed by atoms with Gasteiger partial charge in [-0.1, -0.05) is 25.0 Å². The van der Waals surface area contributed by atoms with Crippen molar-refractivity contribution in [2.24, 2.45) is 0 Å². The number of terminal acetylenes is 1. The number of amides is 2. The Morgan fingerprint density at radius 3 is 2.50 bits per heavy atom. The van der Waals surface area contributed by atoms with Crippen LogP contribution in [0.4, 0.5) is 22.9 Å². The number of hydroxylamine groups is 1. The molecule has 0 spiro atoms. The predicted octanol–water partition coefficient (Wildman–Crippen LogP) is 7.08. The summed E-state index contributed by atoms with van der Waals surface area (Å²) in [6.45, 7) is 3.83. The first-order valence-corrected chi connectivity index (χ1v) is 20.8. The van der Waals surface area contributed by atoms with Crippen LogP contribution in [0.5, 0.6) is 0 Å². The van der Waals surface area contributed by atoms with Crippen LogP contribution in [0.15, 0.2) is 108 Å². The third-order valence-corrected chi connectivity index (χ3v) is 11.2. The van der Waals surface area contributed by atoms with E-state index in [2.05, 4.69) is 31.8 Å². The van der Waals surface area contributed by atoms with E-state index < -0.39 is 10.1 Å². The number of benzene rings is 5. The summed E-state index contributed by atoms with van der Waals surface area (Å²) in [6.07, 6.45) is 7.50. The second-order valence-electron chi connectivity index (χ2n) is 14.5. The molecule has 2 aliphatic rings. The molecule has 0 fully saturated rings. The summed E-state index contributed by atoms with van der Waals surface area (Å²) in [5, 5.41) is 12.7. The molecule has 5 aromatic rings. The fourth-order valence-electron chi connectivity index (χ4n) is 6.89. The van der Waals surface area contributed by atoms with Gasteiger partial charge in [0.2, 0.25) is 11.3 Å². The Morgan fingerprint density at radius 2 is 1.73 bits per heavy atom. The lowest BCUT2D eigenvalue weighted by Gasteiger charge is -2.20. The van der Waals surface area contributed by atoms with Gasteiger partial charge >= 0.3 is 0 Å². The van der Waals surface area contributed by atoms with E-state index in [4.69, 9.17) is 15.1 Å². The van der Waals surface area contributed by atoms with Crippen molar-refractivity contribution in [2.75, 3.05) is 49.1 Å². The van der Waals surface area contributed by atoms with Gasteiger partial charge in [0, 0.05) is 76.5 Å². The molecule has 0 unspecified atom stereocenters. The van der Waals surface area contributed by atoms with Crippen LogP contribution in [-0.2, 0) is 19.2 Å². The maximum Gasteiger partial charge on any atom is 0.288 e. The van der Waals surface area contributed by atoms with Gasteiger partial charge in [-0.2, -0.15) is 8.42 Å². The van der Waals surface area contributed by atoms with E-state index in [1.54, 1.807) is 50.4 Å². The zero-order chi connectivity index (χ0) is 42.6. The molecule has 0 saturated carbocycles. The van der Waals surface area contributed by atoms with Gasteiger partial charge in [0.1, 0.15) is 37.6 Å². The number of nitrogens with one attached hydrogen (secondary N) is 3. The molecule has 0 radical (unpaired) electrons. The van der Waals surface area contributed by atoms with Crippen LogP contribution in [0.1, 0.15) is 41.3 Å². The lowest BCUT2D eigenvalue weighted by atomic mass is 9.90. The molecule has 7 rings (SSSR count). The molecule has 0 bridgehead atoms. The topological polar surface area (TPSA) is 159 Å². The Balaban J connectivity index is 1.07. The average Bonchev–Trinajstić information content (AvgIpc) is 3.22. The number of nitrogens with zero attached hydrogens (tertiary/aromatic N) is 4. The number of hydrogen-bond acceptors (Lipinski definition) is 10. The quantitative estimate of drug-likeness (QED) is 0.0475. The number of fused-ring (bicyclic) bond motifs is 3. The number of carbonyl (C=O) groups is 2. The highest BCUT2D eigenvalue weighted by Crippen LogP contribution is 2.42. The molecule has 13 nitrogen and oxygen atoms in total. The zero-order valence-electron chi connectivity index (χ0n) is 33.9. The highest BCUT2D eigenvalue weighted by molar-refractivity contribution is 7.86. The Bertz CT molecular complexity index is 2990. The van der Waals surface area contributed by atoms with Crippen LogP contribution in [0, 0.1) is 19.3 Å². The van der Waals surface area contributed by atoms with Gasteiger partial charge in [0.25, 0.3) is 16.0 Å². The van der Waals surface area contributed by atoms with Crippen LogP contribution in [0.25, 0.3) is 44.3 Å². The van der Waals surface area contributed by atoms with Gasteiger partial charge in [0.15, 0.2) is 0 Å². The third kappa shape index (κ3) is 9.13. The summed E-state index contributed by atoms with van der Waals surface area (Å²) < 4.78 is 38.6. The standard InChI is InChI=1S/C46H43N7O6S/c1-7-22-60(56,57)59-53(6)35-15-18-38-42(27-35)58-41-26-34(52(4)5)14-17-37(41)44(38)36-16-12-31(23-29(36)3)46(55)47-21-20-43(54)50-33-13-19-40-39(25-33)45(49-28-48-40)51-32-11-9-10-30(8-2)24-32/h2,9-19,23-28,47,55H,7,20-22H2,1,3-6H3/p+1. The number of aromatic nitrogens is 2. The van der Waals surface area contributed by atoms with Gasteiger partial charge in [0.05, 0.1) is 23.0 Å². The van der Waals surface area contributed by atoms with Crippen LogP contribution >= 0.6 is 0 Å². The summed E-state index contributed by atoms with van der Waals surface area (Å²) in [6, 6.07) is 29.7. The maximum absolute atomic E-state index is 13.4. The SMILES string of the molecule is C#Cc1cccc(Nc2ncnc3ccc(NC(=O)CCNC(=O)c4ccc(-c5c6ccc(=[N+](C)C)cc-6oc6cc(N(C)OS(=O)(=O)CCC)ccc56)c(C)c4)cc23)c1. The van der Waals surface area contributed by atoms with Crippen molar-refractivity contribution >= 4 is 66.7 Å². The van der Waals surface area contributed by atoms with Crippen molar-refractivity contribution in [3.8, 4) is 34.8 Å². The normalized spacial score (nSPS) is 11.3. The maximum atomic E-state index is 13.4. The van der Waals surface area contributed by atoms with E-state index in [1.165, 1.54) is 11.4 Å². The lowest BCUT2D eigenvalue weighted by molar-refractivity contribution is -0.116. The van der Waals surface area contributed by atoms with E-state index in [-0.39, 0.29) is 30.5 Å². The molecular formula is C46H44N7O6S+. The van der Waals surface area contributed by atoms with Gasteiger partial charge in [-0.3, -0.25) is 9.59 Å². The third-order valence-electron chi connectivity index (χ3n) is 9.86. The average molecular weight is 823 g/mol. The number of hydrogen-bond donors (Lipinski definition) is 3. The van der Waals surface area contributed by atoms with Crippen molar-refractivity contribution in [3.05, 3.63) is 125 Å². The molecule has 304 valence electrons. The van der Waals surface area contributed by atoms with Crippen LogP contribution < -0.4 is 30.9 Å². The fourth-order valence-corrected chi connectivity index (χ4v) is 7.89. The molecule has 0 saturated heterocycles. The predicted molar refractivity (Wildman–Crippen MR) is 236 cm³/mol. The Kier molecular flexibility index (Phi) is 11.9. The van der Waals surface area contributed by atoms with Gasteiger partial charge in [-0.05, 0) is 91.2 Å². The molecule has 2 heterocycles. The first-order chi connectivity index (χ1) is 28.8. The Morgan fingerprint density at radius 1 is 0.917 bits per heavy atom. The fraction of sp³-hybridized carbons (Fsp3) is 0.196. The minimum Gasteiger partial charge on any atom is -0.456 e. The molecule has 1 aliphatic heterocycles. The summed E-state index contributed by atoms with van der Waals surface area (Å²) in [5.41, 5.74) is 7.70. The van der Waals surface area contributed by atoms with E-state index in [9.17, 15) is 18.0 Å². The summed E-state index contributed by atoms with van der Waals surface area (Å²) in [4.78, 5) is 35.1. The largest absolute Gasteiger partial charge is 0.456 e. The highest BCUT2D eigenvalue weighted by Gasteiger charge is 2.22. The summed E-state index contributed by atoms with van der Waals surface area (Å²) >= 11 is 0. The zero-order valence-corrected chi connectivity index (χ0v) is 34.7. The first kappa shape index (κ1) is 41.1. The molecular weight excluding hydrogens is 779 g/mol. The van der Waals surface area contributed by atoms with E-state index >= 15 is 0 Å². The van der Waals surface area contributed by atoms with Gasteiger partial charge in [-0.15, -0.1) is 10.7 Å². The minimum absolute atomic E-state index is 0.0449. The molecule has 14 heteroatoms. The molecule has 4 aromatic carbocycles. The monoisotopic (exact) mass is 822 g/mol. The minimum atomic E-state index is -3.76. The lowest BCUT2D eigenvalue weighted by Crippen LogP contribution is -2.27. The summed E-state index contributed by atoms with van der Waals surface area (Å²) in [5.74, 6) is 3.12. The van der Waals surface area contributed by atoms with Gasteiger partial charge in [-0.25, -0.2) is 19.6 Å². The smallest absolute Gasteiger partial charge is 0.288 e. The molecule has 1 aromatic heterocycles. The molecule has 0 atom stereocenters. The second kappa shape index (κ2) is 17.4. The van der Waals surface area contributed by atoms with Crippen LogP contribution in [0.3, 0.4) is 0 Å². The van der Waals surface area contributed by atoms with Crippen molar-refractivity contribution in [3.63, 3.8) is 0 Å². The molecule has 1 aliphatic carbocycles.